The lowest BCUT2D eigenvalue weighted by Crippen LogP contribution is -2.22. The maximum absolute atomic E-state index is 12.4. The van der Waals surface area contributed by atoms with Crippen LogP contribution in [0.3, 0.4) is 0 Å². The second kappa shape index (κ2) is 7.48. The molecule has 3 aromatic rings. The number of rotatable bonds is 5. The number of hydrogen-bond donors (Lipinski definition) is 2. The van der Waals surface area contributed by atoms with Crippen LogP contribution in [0.25, 0.3) is 5.69 Å². The van der Waals surface area contributed by atoms with Crippen molar-refractivity contribution >= 4 is 23.4 Å². The predicted molar refractivity (Wildman–Crippen MR) is 103 cm³/mol. The molecule has 2 N–H and O–H groups in total. The summed E-state index contributed by atoms with van der Waals surface area (Å²) in [7, 11) is 0. The van der Waals surface area contributed by atoms with Crippen molar-refractivity contribution in [1.82, 2.24) is 14.9 Å². The van der Waals surface area contributed by atoms with Crippen LogP contribution in [0, 0.1) is 5.92 Å². The topological polar surface area (TPSA) is 93.1 Å². The summed E-state index contributed by atoms with van der Waals surface area (Å²) >= 11 is 0. The number of anilines is 1. The van der Waals surface area contributed by atoms with Crippen molar-refractivity contribution in [2.24, 2.45) is 5.92 Å². The van der Waals surface area contributed by atoms with Crippen LogP contribution in [0.4, 0.5) is 5.69 Å². The van der Waals surface area contributed by atoms with Crippen molar-refractivity contribution in [3.05, 3.63) is 78.4 Å². The van der Waals surface area contributed by atoms with Crippen LogP contribution in [0.5, 0.6) is 0 Å². The van der Waals surface area contributed by atoms with Crippen molar-refractivity contribution < 1.29 is 14.4 Å². The first-order valence-electron chi connectivity index (χ1n) is 8.91. The van der Waals surface area contributed by atoms with Gasteiger partial charge in [0.2, 0.25) is 11.8 Å². The van der Waals surface area contributed by atoms with Gasteiger partial charge < -0.3 is 9.88 Å². The van der Waals surface area contributed by atoms with Gasteiger partial charge in [0.25, 0.3) is 5.91 Å². The Morgan fingerprint density at radius 3 is 2.46 bits per heavy atom. The van der Waals surface area contributed by atoms with Gasteiger partial charge in [-0.25, -0.2) is 4.98 Å². The highest BCUT2D eigenvalue weighted by molar-refractivity contribution is 6.04. The van der Waals surface area contributed by atoms with Gasteiger partial charge in [-0.05, 0) is 48.4 Å². The minimum Gasteiger partial charge on any atom is -0.322 e. The molecule has 0 radical (unpaired) electrons. The van der Waals surface area contributed by atoms with E-state index >= 15 is 0 Å². The number of amides is 3. The first-order valence-corrected chi connectivity index (χ1v) is 8.91. The van der Waals surface area contributed by atoms with E-state index in [2.05, 4.69) is 15.6 Å². The third-order valence-electron chi connectivity index (χ3n) is 4.69. The van der Waals surface area contributed by atoms with E-state index in [1.807, 2.05) is 35.0 Å². The minimum atomic E-state index is -0.318. The Kier molecular flexibility index (Phi) is 4.72. The average molecular weight is 374 g/mol. The minimum absolute atomic E-state index is 0.203. The van der Waals surface area contributed by atoms with Crippen molar-refractivity contribution in [2.75, 3.05) is 5.32 Å². The third-order valence-corrected chi connectivity index (χ3v) is 4.69. The van der Waals surface area contributed by atoms with Crippen LogP contribution in [0.1, 0.15) is 22.3 Å². The Balaban J connectivity index is 1.38. The molecule has 4 rings (SSSR count). The normalized spacial score (nSPS) is 16.1. The molecule has 0 spiro atoms. The van der Waals surface area contributed by atoms with Gasteiger partial charge in [-0.1, -0.05) is 12.1 Å². The highest BCUT2D eigenvalue weighted by Crippen LogP contribution is 2.19. The fraction of sp³-hybridized carbons (Fsp3) is 0.143. The number of carbonyl (C=O) groups excluding carboxylic acids is 3. The monoisotopic (exact) mass is 374 g/mol. The largest absolute Gasteiger partial charge is 0.322 e. The van der Waals surface area contributed by atoms with E-state index in [9.17, 15) is 14.4 Å². The molecule has 1 aliphatic rings. The van der Waals surface area contributed by atoms with Gasteiger partial charge in [0.05, 0.1) is 12.2 Å². The molecule has 28 heavy (non-hydrogen) atoms. The molecule has 3 amide bonds. The Bertz CT molecular complexity index is 1010. The van der Waals surface area contributed by atoms with Gasteiger partial charge in [0, 0.05) is 35.8 Å². The van der Waals surface area contributed by atoms with Crippen molar-refractivity contribution in [3.8, 4) is 5.69 Å². The number of imide groups is 1. The molecular formula is C21H18N4O3. The van der Waals surface area contributed by atoms with Gasteiger partial charge in [-0.2, -0.15) is 0 Å². The summed E-state index contributed by atoms with van der Waals surface area (Å²) in [5.74, 6) is -0.966. The molecule has 0 aliphatic carbocycles. The van der Waals surface area contributed by atoms with Crippen molar-refractivity contribution in [3.63, 3.8) is 0 Å². The van der Waals surface area contributed by atoms with Crippen LogP contribution >= 0.6 is 0 Å². The van der Waals surface area contributed by atoms with E-state index in [0.29, 0.717) is 17.7 Å². The maximum Gasteiger partial charge on any atom is 0.255 e. The molecule has 0 bridgehead atoms. The van der Waals surface area contributed by atoms with E-state index in [1.165, 1.54) is 0 Å². The fourth-order valence-corrected chi connectivity index (χ4v) is 3.18. The number of nitrogens with zero attached hydrogens (tertiary/aromatic N) is 2. The SMILES string of the molecule is O=C1CC(Cc2ccc(NC(=O)c3ccc(-n4ccnc4)cc3)cc2)C(=O)N1. The molecule has 7 heteroatoms. The molecule has 1 fully saturated rings. The van der Waals surface area contributed by atoms with Crippen LogP contribution in [0.15, 0.2) is 67.3 Å². The van der Waals surface area contributed by atoms with Crippen LogP contribution in [-0.4, -0.2) is 27.3 Å². The Morgan fingerprint density at radius 1 is 1.11 bits per heavy atom. The Morgan fingerprint density at radius 2 is 1.86 bits per heavy atom. The summed E-state index contributed by atoms with van der Waals surface area (Å²) in [5.41, 5.74) is 3.08. The van der Waals surface area contributed by atoms with Gasteiger partial charge in [0.15, 0.2) is 0 Å². The second-order valence-corrected chi connectivity index (χ2v) is 6.69. The number of carbonyl (C=O) groups is 3. The molecule has 2 aromatic carbocycles. The smallest absolute Gasteiger partial charge is 0.255 e. The van der Waals surface area contributed by atoms with Crippen LogP contribution in [0.2, 0.25) is 0 Å². The van der Waals surface area contributed by atoms with Gasteiger partial charge >= 0.3 is 0 Å². The molecule has 1 atom stereocenters. The van der Waals surface area contributed by atoms with E-state index in [0.717, 1.165) is 11.3 Å². The summed E-state index contributed by atoms with van der Waals surface area (Å²) in [6.45, 7) is 0. The van der Waals surface area contributed by atoms with Crippen molar-refractivity contribution in [1.29, 1.82) is 0 Å². The van der Waals surface area contributed by atoms with Gasteiger partial charge in [-0.15, -0.1) is 0 Å². The Hall–Kier alpha value is -3.74. The molecule has 7 nitrogen and oxygen atoms in total. The summed E-state index contributed by atoms with van der Waals surface area (Å²) in [6.07, 6.45) is 5.96. The van der Waals surface area contributed by atoms with E-state index in [1.54, 1.807) is 36.8 Å². The highest BCUT2D eigenvalue weighted by Gasteiger charge is 2.30. The molecular weight excluding hydrogens is 356 g/mol. The molecule has 1 unspecified atom stereocenters. The summed E-state index contributed by atoms with van der Waals surface area (Å²) in [5, 5.41) is 5.17. The lowest BCUT2D eigenvalue weighted by Gasteiger charge is -2.09. The fourth-order valence-electron chi connectivity index (χ4n) is 3.18. The van der Waals surface area contributed by atoms with Crippen LogP contribution < -0.4 is 10.6 Å². The summed E-state index contributed by atoms with van der Waals surface area (Å²) in [4.78, 5) is 39.4. The van der Waals surface area contributed by atoms with E-state index < -0.39 is 0 Å². The van der Waals surface area contributed by atoms with Gasteiger partial charge in [0.1, 0.15) is 0 Å². The zero-order chi connectivity index (χ0) is 19.5. The second-order valence-electron chi connectivity index (χ2n) is 6.69. The number of benzene rings is 2. The average Bonchev–Trinajstić information content (AvgIpc) is 3.33. The summed E-state index contributed by atoms with van der Waals surface area (Å²) in [6, 6.07) is 14.5. The molecule has 1 aromatic heterocycles. The molecule has 140 valence electrons. The van der Waals surface area contributed by atoms with Gasteiger partial charge in [-0.3, -0.25) is 19.7 Å². The number of aromatic nitrogens is 2. The molecule has 1 saturated heterocycles. The zero-order valence-electron chi connectivity index (χ0n) is 15.0. The molecule has 2 heterocycles. The molecule has 0 saturated carbocycles. The van der Waals surface area contributed by atoms with E-state index in [-0.39, 0.29) is 30.1 Å². The quantitative estimate of drug-likeness (QED) is 0.671. The standard InChI is InChI=1S/C21H18N4O3/c26-19-12-16(21(28)24-19)11-14-1-5-17(6-2-14)23-20(27)15-3-7-18(8-4-15)25-10-9-22-13-25/h1-10,13,16H,11-12H2,(H,23,27)(H,24,26,28). The zero-order valence-corrected chi connectivity index (χ0v) is 15.0. The lowest BCUT2D eigenvalue weighted by atomic mass is 9.98. The number of imidazole rings is 1. The highest BCUT2D eigenvalue weighted by atomic mass is 16.2. The van der Waals surface area contributed by atoms with E-state index in [4.69, 9.17) is 0 Å². The van der Waals surface area contributed by atoms with Crippen LogP contribution in [-0.2, 0) is 16.0 Å². The first kappa shape index (κ1) is 17.7. The predicted octanol–water partition coefficient (Wildman–Crippen LogP) is 2.33. The number of hydrogen-bond acceptors (Lipinski definition) is 4. The third kappa shape index (κ3) is 3.83. The van der Waals surface area contributed by atoms with Crippen molar-refractivity contribution in [2.45, 2.75) is 12.8 Å². The summed E-state index contributed by atoms with van der Waals surface area (Å²) < 4.78 is 1.86. The lowest BCUT2D eigenvalue weighted by molar-refractivity contribution is -0.125. The number of nitrogens with one attached hydrogen (secondary N) is 2. The Labute approximate surface area is 161 Å². The molecule has 1 aliphatic heterocycles. The maximum atomic E-state index is 12.4. The first-order chi connectivity index (χ1) is 13.6.